The van der Waals surface area contributed by atoms with Gasteiger partial charge in [-0.3, -0.25) is 9.63 Å². The van der Waals surface area contributed by atoms with E-state index in [4.69, 9.17) is 5.90 Å². The third-order valence-electron chi connectivity index (χ3n) is 2.12. The van der Waals surface area contributed by atoms with Crippen LogP contribution in [0.2, 0.25) is 0 Å². The third kappa shape index (κ3) is 3.83. The Labute approximate surface area is 74.2 Å². The Bertz CT molecular complexity index is 143. The predicted molar refractivity (Wildman–Crippen MR) is 48.5 cm³/mol. The third-order valence-corrected chi connectivity index (χ3v) is 2.12. The number of ketones is 1. The monoisotopic (exact) mass is 173 g/mol. The van der Waals surface area contributed by atoms with Crippen molar-refractivity contribution in [1.82, 2.24) is 0 Å². The second kappa shape index (κ2) is 5.27. The molecule has 0 rings (SSSR count). The van der Waals surface area contributed by atoms with Gasteiger partial charge in [0.25, 0.3) is 0 Å². The van der Waals surface area contributed by atoms with Crippen molar-refractivity contribution < 1.29 is 9.63 Å². The normalized spacial score (nSPS) is 11.7. The lowest BCUT2D eigenvalue weighted by Crippen LogP contribution is -2.29. The van der Waals surface area contributed by atoms with Crippen LogP contribution in [0.15, 0.2) is 0 Å². The molecule has 0 spiro atoms. The van der Waals surface area contributed by atoms with E-state index in [2.05, 4.69) is 11.8 Å². The van der Waals surface area contributed by atoms with Crippen LogP contribution in [0.25, 0.3) is 0 Å². The predicted octanol–water partition coefficient (Wildman–Crippen LogP) is 1.66. The van der Waals surface area contributed by atoms with Crippen LogP contribution >= 0.6 is 0 Å². The van der Waals surface area contributed by atoms with Crippen molar-refractivity contribution in [3.63, 3.8) is 0 Å². The highest BCUT2D eigenvalue weighted by molar-refractivity contribution is 5.85. The first-order chi connectivity index (χ1) is 5.54. The molecule has 0 aliphatic rings. The molecule has 3 heteroatoms. The van der Waals surface area contributed by atoms with Crippen LogP contribution in [0, 0.1) is 5.41 Å². The van der Waals surface area contributed by atoms with Gasteiger partial charge in [-0.25, -0.2) is 5.90 Å². The fourth-order valence-corrected chi connectivity index (χ4v) is 1.03. The largest absolute Gasteiger partial charge is 0.297 e. The quantitative estimate of drug-likeness (QED) is 0.621. The first-order valence-corrected chi connectivity index (χ1v) is 4.39. The molecule has 0 radical (unpaired) electrons. The summed E-state index contributed by atoms with van der Waals surface area (Å²) < 4.78 is 0. The molecule has 0 aromatic rings. The van der Waals surface area contributed by atoms with E-state index in [1.165, 1.54) is 0 Å². The molecule has 0 saturated carbocycles. The topological polar surface area (TPSA) is 52.3 Å². The van der Waals surface area contributed by atoms with E-state index in [1.54, 1.807) is 0 Å². The molecule has 3 nitrogen and oxygen atoms in total. The summed E-state index contributed by atoms with van der Waals surface area (Å²) in [7, 11) is 0. The van der Waals surface area contributed by atoms with E-state index in [0.717, 1.165) is 19.3 Å². The molecule has 12 heavy (non-hydrogen) atoms. The van der Waals surface area contributed by atoms with Crippen molar-refractivity contribution in [1.29, 1.82) is 0 Å². The number of hydrogen-bond donors (Lipinski definition) is 1. The van der Waals surface area contributed by atoms with Crippen LogP contribution in [0.5, 0.6) is 0 Å². The fraction of sp³-hybridized carbons (Fsp3) is 0.889. The zero-order valence-electron chi connectivity index (χ0n) is 8.22. The summed E-state index contributed by atoms with van der Waals surface area (Å²) >= 11 is 0. The van der Waals surface area contributed by atoms with Gasteiger partial charge in [0.2, 0.25) is 0 Å². The van der Waals surface area contributed by atoms with Gasteiger partial charge in [0, 0.05) is 5.41 Å². The average molecular weight is 173 g/mol. The van der Waals surface area contributed by atoms with Gasteiger partial charge in [-0.05, 0) is 6.42 Å². The first kappa shape index (κ1) is 11.6. The number of hydrogen-bond acceptors (Lipinski definition) is 3. The van der Waals surface area contributed by atoms with Crippen LogP contribution in [-0.2, 0) is 9.63 Å². The van der Waals surface area contributed by atoms with Crippen LogP contribution < -0.4 is 5.90 Å². The van der Waals surface area contributed by atoms with E-state index < -0.39 is 0 Å². The molecule has 0 heterocycles. The number of unbranched alkanes of at least 4 members (excludes halogenated alkanes) is 1. The molecule has 0 amide bonds. The van der Waals surface area contributed by atoms with Gasteiger partial charge in [0.1, 0.15) is 6.61 Å². The number of carbonyl (C=O) groups is 1. The van der Waals surface area contributed by atoms with Crippen molar-refractivity contribution in [2.45, 2.75) is 40.0 Å². The summed E-state index contributed by atoms with van der Waals surface area (Å²) in [5.41, 5.74) is -0.282. The summed E-state index contributed by atoms with van der Waals surface area (Å²) in [4.78, 5) is 15.7. The minimum Gasteiger partial charge on any atom is -0.297 e. The number of nitrogens with two attached hydrogens (primary N) is 1. The Kier molecular flexibility index (Phi) is 5.09. The first-order valence-electron chi connectivity index (χ1n) is 4.39. The Morgan fingerprint density at radius 2 is 2.08 bits per heavy atom. The van der Waals surface area contributed by atoms with Crippen LogP contribution in [0.4, 0.5) is 0 Å². The van der Waals surface area contributed by atoms with Gasteiger partial charge in [-0.2, -0.15) is 0 Å². The fourth-order valence-electron chi connectivity index (χ4n) is 1.03. The number of carbonyl (C=O) groups excluding carboxylic acids is 1. The van der Waals surface area contributed by atoms with Gasteiger partial charge in [0.05, 0.1) is 0 Å². The highest BCUT2D eigenvalue weighted by Gasteiger charge is 2.26. The van der Waals surface area contributed by atoms with Crippen LogP contribution in [0.1, 0.15) is 40.0 Å². The molecule has 2 N–H and O–H groups in total. The number of Topliss-reactive ketones (excluding diaryl/α,β-unsaturated/α-hetero) is 1. The molecule has 0 aromatic carbocycles. The second-order valence-electron chi connectivity index (χ2n) is 3.72. The smallest absolute Gasteiger partial charge is 0.166 e. The molecule has 0 fully saturated rings. The van der Waals surface area contributed by atoms with E-state index in [1.807, 2.05) is 13.8 Å². The van der Waals surface area contributed by atoms with Gasteiger partial charge in [0.15, 0.2) is 5.78 Å². The van der Waals surface area contributed by atoms with Gasteiger partial charge >= 0.3 is 0 Å². The highest BCUT2D eigenvalue weighted by atomic mass is 16.6. The minimum absolute atomic E-state index is 0.0245. The molecular weight excluding hydrogens is 154 g/mol. The van der Waals surface area contributed by atoms with E-state index in [9.17, 15) is 4.79 Å². The van der Waals surface area contributed by atoms with Gasteiger partial charge < -0.3 is 0 Å². The lowest BCUT2D eigenvalue weighted by atomic mass is 9.83. The lowest BCUT2D eigenvalue weighted by Gasteiger charge is -2.21. The van der Waals surface area contributed by atoms with Crippen molar-refractivity contribution in [2.75, 3.05) is 6.61 Å². The maximum atomic E-state index is 11.4. The maximum Gasteiger partial charge on any atom is 0.166 e. The molecule has 0 aromatic heterocycles. The maximum absolute atomic E-state index is 11.4. The molecule has 72 valence electrons. The van der Waals surface area contributed by atoms with Crippen molar-refractivity contribution in [3.8, 4) is 0 Å². The molecule has 0 aliphatic carbocycles. The highest BCUT2D eigenvalue weighted by Crippen LogP contribution is 2.24. The second-order valence-corrected chi connectivity index (χ2v) is 3.72. The standard InChI is InChI=1S/C9H19NO2/c1-4-5-6-9(2,3)8(11)7-12-10/h4-7,10H2,1-3H3. The Hall–Kier alpha value is -0.410. The molecule has 0 saturated heterocycles. The van der Waals surface area contributed by atoms with Crippen molar-refractivity contribution in [3.05, 3.63) is 0 Å². The Balaban J connectivity index is 3.90. The molecule has 0 aliphatic heterocycles. The van der Waals surface area contributed by atoms with Crippen molar-refractivity contribution >= 4 is 5.78 Å². The molecule has 0 unspecified atom stereocenters. The minimum atomic E-state index is -0.282. The van der Waals surface area contributed by atoms with Gasteiger partial charge in [-0.1, -0.05) is 33.6 Å². The lowest BCUT2D eigenvalue weighted by molar-refractivity contribution is -0.132. The Morgan fingerprint density at radius 3 is 2.50 bits per heavy atom. The summed E-state index contributed by atoms with van der Waals surface area (Å²) in [5.74, 6) is 4.92. The zero-order valence-corrected chi connectivity index (χ0v) is 8.22. The van der Waals surface area contributed by atoms with E-state index in [-0.39, 0.29) is 17.8 Å². The summed E-state index contributed by atoms with van der Waals surface area (Å²) in [6.07, 6.45) is 3.09. The van der Waals surface area contributed by atoms with E-state index in [0.29, 0.717) is 0 Å². The molecule has 0 atom stereocenters. The SMILES string of the molecule is CCCCC(C)(C)C(=O)CON. The average Bonchev–Trinajstić information content (AvgIpc) is 2.01. The Morgan fingerprint density at radius 1 is 1.50 bits per heavy atom. The van der Waals surface area contributed by atoms with E-state index >= 15 is 0 Å². The zero-order chi connectivity index (χ0) is 9.61. The van der Waals surface area contributed by atoms with Gasteiger partial charge in [-0.15, -0.1) is 0 Å². The summed E-state index contributed by atoms with van der Waals surface area (Å²) in [5, 5.41) is 0. The summed E-state index contributed by atoms with van der Waals surface area (Å²) in [6.45, 7) is 6.00. The number of rotatable bonds is 6. The van der Waals surface area contributed by atoms with Crippen LogP contribution in [0.3, 0.4) is 0 Å². The molecular formula is C9H19NO2. The van der Waals surface area contributed by atoms with Crippen molar-refractivity contribution in [2.24, 2.45) is 11.3 Å². The van der Waals surface area contributed by atoms with Crippen LogP contribution in [-0.4, -0.2) is 12.4 Å². The molecule has 0 bridgehead atoms. The summed E-state index contributed by atoms with van der Waals surface area (Å²) in [6, 6.07) is 0.